The molecule has 1 aromatic carbocycles. The van der Waals surface area contributed by atoms with Crippen LogP contribution in [-0.4, -0.2) is 14.8 Å². The molecule has 0 unspecified atom stereocenters. The molecular formula is C10H10ClN3S. The molecule has 15 heavy (non-hydrogen) atoms. The predicted molar refractivity (Wildman–Crippen MR) is 63.6 cm³/mol. The summed E-state index contributed by atoms with van der Waals surface area (Å²) in [6.07, 6.45) is 0. The van der Waals surface area contributed by atoms with Crippen molar-refractivity contribution in [3.05, 3.63) is 33.6 Å². The molecule has 0 aliphatic heterocycles. The molecule has 0 atom stereocenters. The standard InChI is InChI=1S/C10H10ClN3S/c1-6-3-4-7(11)5-8(6)9-12-13-10(15)14(9)2/h3-5H,1-2H3,(H,13,15). The summed E-state index contributed by atoms with van der Waals surface area (Å²) in [6.45, 7) is 2.02. The zero-order valence-electron chi connectivity index (χ0n) is 8.41. The van der Waals surface area contributed by atoms with Gasteiger partial charge in [0, 0.05) is 17.6 Å². The average Bonchev–Trinajstić information content (AvgIpc) is 2.52. The van der Waals surface area contributed by atoms with Gasteiger partial charge in [-0.2, -0.15) is 5.10 Å². The maximum absolute atomic E-state index is 5.95. The number of aryl methyl sites for hydroxylation is 1. The van der Waals surface area contributed by atoms with E-state index in [-0.39, 0.29) is 0 Å². The van der Waals surface area contributed by atoms with E-state index < -0.39 is 0 Å². The van der Waals surface area contributed by atoms with Gasteiger partial charge in [0.1, 0.15) is 0 Å². The van der Waals surface area contributed by atoms with Crippen LogP contribution in [0, 0.1) is 11.7 Å². The molecule has 1 heterocycles. The summed E-state index contributed by atoms with van der Waals surface area (Å²) in [5.74, 6) is 0.806. The summed E-state index contributed by atoms with van der Waals surface area (Å²) in [4.78, 5) is 0. The van der Waals surface area contributed by atoms with Crippen LogP contribution in [0.4, 0.5) is 0 Å². The Bertz CT molecular complexity index is 556. The van der Waals surface area contributed by atoms with Gasteiger partial charge in [-0.15, -0.1) is 0 Å². The lowest BCUT2D eigenvalue weighted by atomic mass is 10.1. The zero-order valence-corrected chi connectivity index (χ0v) is 9.99. The van der Waals surface area contributed by atoms with Gasteiger partial charge in [-0.25, -0.2) is 0 Å². The summed E-state index contributed by atoms with van der Waals surface area (Å²) in [5.41, 5.74) is 2.12. The molecule has 0 radical (unpaired) electrons. The van der Waals surface area contributed by atoms with E-state index in [2.05, 4.69) is 10.2 Å². The van der Waals surface area contributed by atoms with Crippen molar-refractivity contribution in [3.8, 4) is 11.4 Å². The number of nitrogens with one attached hydrogen (secondary N) is 1. The first-order valence-electron chi connectivity index (χ1n) is 4.47. The average molecular weight is 240 g/mol. The van der Waals surface area contributed by atoms with Crippen LogP contribution >= 0.6 is 23.8 Å². The minimum absolute atomic E-state index is 0.601. The minimum Gasteiger partial charge on any atom is -0.303 e. The predicted octanol–water partition coefficient (Wildman–Crippen LogP) is 3.11. The van der Waals surface area contributed by atoms with Crippen LogP contribution in [0.1, 0.15) is 5.56 Å². The van der Waals surface area contributed by atoms with E-state index in [9.17, 15) is 0 Å². The largest absolute Gasteiger partial charge is 0.303 e. The molecule has 0 aliphatic rings. The lowest BCUT2D eigenvalue weighted by Gasteiger charge is -2.04. The number of nitrogens with zero attached hydrogens (tertiary/aromatic N) is 2. The number of hydrogen-bond donors (Lipinski definition) is 1. The molecule has 0 amide bonds. The fourth-order valence-corrected chi connectivity index (χ4v) is 1.73. The van der Waals surface area contributed by atoms with E-state index >= 15 is 0 Å². The van der Waals surface area contributed by atoms with E-state index in [0.717, 1.165) is 17.0 Å². The van der Waals surface area contributed by atoms with Crippen molar-refractivity contribution in [1.82, 2.24) is 14.8 Å². The van der Waals surface area contributed by atoms with Gasteiger partial charge in [-0.05, 0) is 36.8 Å². The maximum atomic E-state index is 5.95. The monoisotopic (exact) mass is 239 g/mol. The molecule has 0 saturated heterocycles. The van der Waals surface area contributed by atoms with Crippen molar-refractivity contribution in [1.29, 1.82) is 0 Å². The van der Waals surface area contributed by atoms with Crippen molar-refractivity contribution in [2.75, 3.05) is 0 Å². The molecule has 0 aliphatic carbocycles. The number of rotatable bonds is 1. The van der Waals surface area contributed by atoms with Gasteiger partial charge in [0.25, 0.3) is 0 Å². The van der Waals surface area contributed by atoms with Crippen molar-refractivity contribution in [2.24, 2.45) is 7.05 Å². The highest BCUT2D eigenvalue weighted by Gasteiger charge is 2.08. The molecule has 0 fully saturated rings. The van der Waals surface area contributed by atoms with Crippen molar-refractivity contribution < 1.29 is 0 Å². The maximum Gasteiger partial charge on any atom is 0.195 e. The Morgan fingerprint density at radius 2 is 2.20 bits per heavy atom. The lowest BCUT2D eigenvalue weighted by Crippen LogP contribution is -1.94. The highest BCUT2D eigenvalue weighted by Crippen LogP contribution is 2.24. The molecule has 5 heteroatoms. The first kappa shape index (κ1) is 10.4. The molecule has 1 aromatic heterocycles. The highest BCUT2D eigenvalue weighted by molar-refractivity contribution is 7.71. The van der Waals surface area contributed by atoms with Gasteiger partial charge in [-0.3, -0.25) is 5.10 Å². The molecule has 3 nitrogen and oxygen atoms in total. The lowest BCUT2D eigenvalue weighted by molar-refractivity contribution is 0.901. The van der Waals surface area contributed by atoms with E-state index in [4.69, 9.17) is 23.8 Å². The van der Waals surface area contributed by atoms with Crippen LogP contribution in [0.25, 0.3) is 11.4 Å². The normalized spacial score (nSPS) is 10.6. The Balaban J connectivity index is 2.68. The molecule has 78 valence electrons. The third-order valence-corrected chi connectivity index (χ3v) is 2.92. The van der Waals surface area contributed by atoms with Gasteiger partial charge >= 0.3 is 0 Å². The summed E-state index contributed by atoms with van der Waals surface area (Å²) in [6, 6.07) is 5.72. The Morgan fingerprint density at radius 3 is 2.80 bits per heavy atom. The molecular weight excluding hydrogens is 230 g/mol. The Morgan fingerprint density at radius 1 is 1.47 bits per heavy atom. The second kappa shape index (κ2) is 3.79. The summed E-state index contributed by atoms with van der Waals surface area (Å²) < 4.78 is 2.43. The number of hydrogen-bond acceptors (Lipinski definition) is 2. The highest BCUT2D eigenvalue weighted by atomic mass is 35.5. The third kappa shape index (κ3) is 1.82. The van der Waals surface area contributed by atoms with Crippen LogP contribution in [-0.2, 0) is 7.05 Å². The second-order valence-electron chi connectivity index (χ2n) is 3.37. The SMILES string of the molecule is Cc1ccc(Cl)cc1-c1n[nH]c(=S)n1C. The molecule has 0 bridgehead atoms. The van der Waals surface area contributed by atoms with Crippen molar-refractivity contribution in [3.63, 3.8) is 0 Å². The summed E-state index contributed by atoms with van der Waals surface area (Å²) in [7, 11) is 1.88. The number of H-pyrrole nitrogens is 1. The smallest absolute Gasteiger partial charge is 0.195 e. The molecule has 0 saturated carbocycles. The van der Waals surface area contributed by atoms with Gasteiger partial charge in [0.15, 0.2) is 10.6 Å². The molecule has 0 spiro atoms. The van der Waals surface area contributed by atoms with E-state index in [0.29, 0.717) is 9.79 Å². The van der Waals surface area contributed by atoms with Gasteiger partial charge in [0.05, 0.1) is 0 Å². The number of benzene rings is 1. The number of aromatic nitrogens is 3. The van der Waals surface area contributed by atoms with Crippen molar-refractivity contribution in [2.45, 2.75) is 6.92 Å². The van der Waals surface area contributed by atoms with E-state index in [1.165, 1.54) is 0 Å². The first-order chi connectivity index (χ1) is 7.09. The van der Waals surface area contributed by atoms with Crippen LogP contribution in [0.5, 0.6) is 0 Å². The zero-order chi connectivity index (χ0) is 11.0. The topological polar surface area (TPSA) is 33.6 Å². The summed E-state index contributed by atoms with van der Waals surface area (Å²) in [5, 5.41) is 7.63. The summed E-state index contributed by atoms with van der Waals surface area (Å²) >= 11 is 11.0. The Hall–Kier alpha value is -1.13. The van der Waals surface area contributed by atoms with E-state index in [1.54, 1.807) is 0 Å². The molecule has 2 aromatic rings. The van der Waals surface area contributed by atoms with Gasteiger partial charge < -0.3 is 4.57 Å². The molecule has 2 rings (SSSR count). The van der Waals surface area contributed by atoms with Gasteiger partial charge in [-0.1, -0.05) is 17.7 Å². The Labute approximate surface area is 97.7 Å². The quantitative estimate of drug-likeness (QED) is 0.776. The second-order valence-corrected chi connectivity index (χ2v) is 4.19. The van der Waals surface area contributed by atoms with Gasteiger partial charge in [0.2, 0.25) is 0 Å². The fraction of sp³-hybridized carbons (Fsp3) is 0.200. The van der Waals surface area contributed by atoms with Crippen LogP contribution in [0.3, 0.4) is 0 Å². The molecule has 1 N–H and O–H groups in total. The van der Waals surface area contributed by atoms with Crippen LogP contribution < -0.4 is 0 Å². The first-order valence-corrected chi connectivity index (χ1v) is 5.26. The van der Waals surface area contributed by atoms with Crippen molar-refractivity contribution >= 4 is 23.8 Å². The number of aromatic amines is 1. The number of halogens is 1. The third-order valence-electron chi connectivity index (χ3n) is 2.32. The van der Waals surface area contributed by atoms with Crippen LogP contribution in [0.15, 0.2) is 18.2 Å². The Kier molecular flexibility index (Phi) is 2.63. The van der Waals surface area contributed by atoms with Crippen LogP contribution in [0.2, 0.25) is 5.02 Å². The minimum atomic E-state index is 0.601. The fourth-order valence-electron chi connectivity index (χ4n) is 1.42. The van der Waals surface area contributed by atoms with E-state index in [1.807, 2.05) is 36.7 Å².